The number of aromatic amines is 1. The van der Waals surface area contributed by atoms with Gasteiger partial charge in [-0.1, -0.05) is 45.4 Å². The minimum absolute atomic E-state index is 0.0292. The molecule has 2 N–H and O–H groups in total. The number of amides is 1. The lowest BCUT2D eigenvalue weighted by Crippen LogP contribution is -2.27. The largest absolute Gasteiger partial charge is 0.352 e. The summed E-state index contributed by atoms with van der Waals surface area (Å²) in [6.45, 7) is 9.06. The monoisotopic (exact) mass is 427 g/mol. The molecule has 0 saturated carbocycles. The maximum atomic E-state index is 12.3. The zero-order valence-electron chi connectivity index (χ0n) is 17.6. The molecule has 0 bridgehead atoms. The highest BCUT2D eigenvalue weighted by molar-refractivity contribution is 6.33. The highest BCUT2D eigenvalue weighted by Gasteiger charge is 2.13. The van der Waals surface area contributed by atoms with E-state index in [1.54, 1.807) is 12.3 Å². The van der Waals surface area contributed by atoms with Gasteiger partial charge in [-0.15, -0.1) is 0 Å². The van der Waals surface area contributed by atoms with Gasteiger partial charge in [0, 0.05) is 42.4 Å². The molecular formula is C22H26ClN5O2. The van der Waals surface area contributed by atoms with Crippen molar-refractivity contribution in [3.63, 3.8) is 0 Å². The third-order valence-electron chi connectivity index (χ3n) is 4.50. The van der Waals surface area contributed by atoms with E-state index in [1.807, 2.05) is 36.9 Å². The van der Waals surface area contributed by atoms with Crippen LogP contribution in [0, 0.1) is 11.8 Å². The van der Waals surface area contributed by atoms with Gasteiger partial charge in [-0.3, -0.25) is 14.3 Å². The highest BCUT2D eigenvalue weighted by atomic mass is 35.5. The maximum absolute atomic E-state index is 12.3. The van der Waals surface area contributed by atoms with Crippen LogP contribution in [0.15, 0.2) is 41.5 Å². The van der Waals surface area contributed by atoms with Gasteiger partial charge in [0.05, 0.1) is 16.9 Å². The summed E-state index contributed by atoms with van der Waals surface area (Å²) in [5, 5.41) is 7.69. The number of nitrogens with one attached hydrogen (secondary N) is 2. The Bertz CT molecular complexity index is 1100. The Morgan fingerprint density at radius 2 is 2.00 bits per heavy atom. The van der Waals surface area contributed by atoms with Gasteiger partial charge < -0.3 is 10.3 Å². The lowest BCUT2D eigenvalue weighted by Gasteiger charge is -2.10. The molecule has 0 aliphatic carbocycles. The van der Waals surface area contributed by atoms with Crippen molar-refractivity contribution in [2.45, 2.75) is 40.8 Å². The predicted molar refractivity (Wildman–Crippen MR) is 118 cm³/mol. The van der Waals surface area contributed by atoms with Gasteiger partial charge in [0.1, 0.15) is 5.82 Å². The molecule has 7 nitrogen and oxygen atoms in total. The van der Waals surface area contributed by atoms with Crippen LogP contribution in [0.5, 0.6) is 0 Å². The van der Waals surface area contributed by atoms with E-state index in [0.29, 0.717) is 34.6 Å². The summed E-state index contributed by atoms with van der Waals surface area (Å²) in [5.74, 6) is 0.704. The van der Waals surface area contributed by atoms with Crippen LogP contribution in [-0.2, 0) is 17.9 Å². The van der Waals surface area contributed by atoms with Crippen LogP contribution < -0.4 is 10.9 Å². The first-order valence-electron chi connectivity index (χ1n) is 9.93. The minimum Gasteiger partial charge on any atom is -0.352 e. The fourth-order valence-electron chi connectivity index (χ4n) is 2.96. The first-order chi connectivity index (χ1) is 14.2. The zero-order valence-corrected chi connectivity index (χ0v) is 18.3. The van der Waals surface area contributed by atoms with Crippen molar-refractivity contribution in [1.82, 2.24) is 25.1 Å². The topological polar surface area (TPSA) is 92.7 Å². The molecular weight excluding hydrogens is 402 g/mol. The second-order valence-corrected chi connectivity index (χ2v) is 8.42. The van der Waals surface area contributed by atoms with Crippen molar-refractivity contribution < 1.29 is 4.79 Å². The molecule has 8 heteroatoms. The molecule has 2 heterocycles. The van der Waals surface area contributed by atoms with Gasteiger partial charge in [-0.25, -0.2) is 4.98 Å². The first kappa shape index (κ1) is 21.8. The van der Waals surface area contributed by atoms with E-state index < -0.39 is 0 Å². The van der Waals surface area contributed by atoms with Crippen molar-refractivity contribution in [3.05, 3.63) is 57.6 Å². The average Bonchev–Trinajstić information content (AvgIpc) is 3.14. The van der Waals surface area contributed by atoms with Crippen LogP contribution in [0.4, 0.5) is 0 Å². The average molecular weight is 428 g/mol. The first-order valence-corrected chi connectivity index (χ1v) is 10.3. The smallest absolute Gasteiger partial charge is 0.251 e. The SMILES string of the molecule is CC(C)Cn1cc(-c2cc(=O)[nH]c(-c3cc(CNC(=O)C(C)C)ccc3Cl)n2)cn1. The van der Waals surface area contributed by atoms with Gasteiger partial charge in [-0.05, 0) is 23.6 Å². The van der Waals surface area contributed by atoms with E-state index >= 15 is 0 Å². The molecule has 1 amide bonds. The highest BCUT2D eigenvalue weighted by Crippen LogP contribution is 2.27. The number of carbonyl (C=O) groups excluding carboxylic acids is 1. The Hall–Kier alpha value is -2.93. The molecule has 0 unspecified atom stereocenters. The maximum Gasteiger partial charge on any atom is 0.251 e. The molecule has 2 aromatic heterocycles. The number of nitrogens with zero attached hydrogens (tertiary/aromatic N) is 3. The van der Waals surface area contributed by atoms with Crippen LogP contribution in [0.1, 0.15) is 33.3 Å². The third-order valence-corrected chi connectivity index (χ3v) is 4.83. The molecule has 0 fully saturated rings. The third kappa shape index (κ3) is 5.36. The zero-order chi connectivity index (χ0) is 21.8. The summed E-state index contributed by atoms with van der Waals surface area (Å²) < 4.78 is 1.84. The number of aromatic nitrogens is 4. The van der Waals surface area contributed by atoms with Gasteiger partial charge in [0.2, 0.25) is 5.91 Å². The van der Waals surface area contributed by atoms with Crippen molar-refractivity contribution in [3.8, 4) is 22.6 Å². The van der Waals surface area contributed by atoms with Crippen LogP contribution in [0.25, 0.3) is 22.6 Å². The molecule has 1 aromatic carbocycles. The number of benzene rings is 1. The summed E-state index contributed by atoms with van der Waals surface area (Å²) in [4.78, 5) is 31.5. The molecule has 0 saturated heterocycles. The summed E-state index contributed by atoms with van der Waals surface area (Å²) >= 11 is 6.39. The van der Waals surface area contributed by atoms with Gasteiger partial charge in [0.25, 0.3) is 5.56 Å². The minimum atomic E-state index is -0.277. The van der Waals surface area contributed by atoms with Crippen LogP contribution >= 0.6 is 11.6 Å². The van der Waals surface area contributed by atoms with Crippen LogP contribution in [-0.4, -0.2) is 25.7 Å². The van der Waals surface area contributed by atoms with Crippen molar-refractivity contribution >= 4 is 17.5 Å². The molecule has 3 aromatic rings. The number of hydrogen-bond donors (Lipinski definition) is 2. The Labute approximate surface area is 180 Å². The Morgan fingerprint density at radius 1 is 1.23 bits per heavy atom. The van der Waals surface area contributed by atoms with E-state index in [-0.39, 0.29) is 17.4 Å². The molecule has 3 rings (SSSR count). The van der Waals surface area contributed by atoms with Crippen molar-refractivity contribution in [1.29, 1.82) is 0 Å². The normalized spacial score (nSPS) is 11.3. The van der Waals surface area contributed by atoms with Crippen LogP contribution in [0.2, 0.25) is 5.02 Å². The van der Waals surface area contributed by atoms with E-state index in [4.69, 9.17) is 11.6 Å². The Kier molecular flexibility index (Phi) is 6.72. The van der Waals surface area contributed by atoms with Gasteiger partial charge in [0.15, 0.2) is 0 Å². The Balaban J connectivity index is 1.92. The quantitative estimate of drug-likeness (QED) is 0.598. The standard InChI is InChI=1S/C22H26ClN5O2/c1-13(2)11-28-12-16(10-25-28)19-8-20(29)27-21(26-19)17-7-15(5-6-18(17)23)9-24-22(30)14(3)4/h5-8,10,12-14H,9,11H2,1-4H3,(H,24,30)(H,26,27,29). The molecule has 30 heavy (non-hydrogen) atoms. The molecule has 0 aliphatic rings. The molecule has 158 valence electrons. The van der Waals surface area contributed by atoms with E-state index in [9.17, 15) is 9.59 Å². The van der Waals surface area contributed by atoms with Crippen molar-refractivity contribution in [2.75, 3.05) is 0 Å². The summed E-state index contributed by atoms with van der Waals surface area (Å²) in [5.41, 5.74) is 2.47. The summed E-state index contributed by atoms with van der Waals surface area (Å²) in [6, 6.07) is 6.85. The van der Waals surface area contributed by atoms with E-state index in [2.05, 4.69) is 34.2 Å². The Morgan fingerprint density at radius 3 is 2.70 bits per heavy atom. The van der Waals surface area contributed by atoms with Crippen molar-refractivity contribution in [2.24, 2.45) is 11.8 Å². The number of carbonyl (C=O) groups is 1. The molecule has 0 radical (unpaired) electrons. The van der Waals surface area contributed by atoms with E-state index in [1.165, 1.54) is 6.07 Å². The number of halogens is 1. The molecule has 0 atom stereocenters. The van der Waals surface area contributed by atoms with Crippen LogP contribution in [0.3, 0.4) is 0 Å². The fourth-order valence-corrected chi connectivity index (χ4v) is 3.17. The number of rotatable bonds is 7. The lowest BCUT2D eigenvalue weighted by atomic mass is 10.1. The molecule has 0 aliphatic heterocycles. The summed E-state index contributed by atoms with van der Waals surface area (Å²) in [6.07, 6.45) is 3.58. The molecule has 0 spiro atoms. The van der Waals surface area contributed by atoms with Gasteiger partial charge in [-0.2, -0.15) is 5.10 Å². The second-order valence-electron chi connectivity index (χ2n) is 8.01. The fraction of sp³-hybridized carbons (Fsp3) is 0.364. The van der Waals surface area contributed by atoms with E-state index in [0.717, 1.165) is 17.7 Å². The summed E-state index contributed by atoms with van der Waals surface area (Å²) in [7, 11) is 0. The lowest BCUT2D eigenvalue weighted by molar-refractivity contribution is -0.124. The number of H-pyrrole nitrogens is 1. The predicted octanol–water partition coefficient (Wildman–Crippen LogP) is 3.88. The number of hydrogen-bond acceptors (Lipinski definition) is 4. The van der Waals surface area contributed by atoms with Gasteiger partial charge >= 0.3 is 0 Å². The second kappa shape index (κ2) is 9.26.